The smallest absolute Gasteiger partial charge is 0.270 e. The molecule has 0 N–H and O–H groups in total. The van der Waals surface area contributed by atoms with Crippen LogP contribution in [0.4, 0.5) is 49.1 Å². The fourth-order valence-corrected chi connectivity index (χ4v) is 13.8. The minimum atomic E-state index is -3.04. The van der Waals surface area contributed by atoms with Crippen molar-refractivity contribution in [3.8, 4) is 34.5 Å². The molecule has 0 aliphatic heterocycles. The molecule has 0 atom stereocenters. The molecule has 35 heteroatoms. The highest BCUT2D eigenvalue weighted by molar-refractivity contribution is 7.11. The number of thiazole rings is 4. The lowest BCUT2D eigenvalue weighted by molar-refractivity contribution is 0.0172. The van der Waals surface area contributed by atoms with E-state index in [0.29, 0.717) is 85.3 Å². The van der Waals surface area contributed by atoms with Crippen molar-refractivity contribution in [1.29, 1.82) is 0 Å². The van der Waals surface area contributed by atoms with Crippen LogP contribution in [0.15, 0.2) is 232 Å². The van der Waals surface area contributed by atoms with Crippen LogP contribution in [0.3, 0.4) is 0 Å². The topological polar surface area (TPSA) is 313 Å². The maximum Gasteiger partial charge on any atom is 0.270 e. The number of hydrogen-bond donors (Lipinski definition) is 0. The molecule has 10 heterocycles. The van der Waals surface area contributed by atoms with Gasteiger partial charge in [-0.05, 0) is 124 Å². The molecule has 0 aliphatic carbocycles. The molecular weight excluding hydrogens is 1630 g/mol. The van der Waals surface area contributed by atoms with Gasteiger partial charge in [-0.1, -0.05) is 23.5 Å². The standard InChI is InChI=1S/C19H14F3N3O2.C17H14F2N4OS.C17H15N3O2S.C16H13FN4OS.C16H13N3O2S/c1-19(21,22)13-2-3-25-15(6-13)8-18(26)12-4-14(20)7-16(5-12)27-17-9-23-11-24-10-17;1-10-17(19)25-16(22-10)6-15(24)11-3-12(18)5-13(4-11)23(2)14-7-20-9-21-8-14;1-11-3-13(16(21)6-17-20-7-12(2)23-17)5-14(4-11)22-15-8-18-10-19-9-15;1-21(14-8-18-10-19-9-14)13-5-11(4-12(17)6-13)15(22)7-16-20-2-3-23-16;1-11-9-22-16(19-11)6-15(20)12-3-2-4-13(5-12)21-14-7-17-10-18-8-14/h2-7,9-11H,8H2,1H3;3-5,7-9H,6H2,1-2H3;3-5,7-10H,6H2,1-2H3;2-6,8-10H,7H2,1H3;2-5,7-10H,6H2,1H3. The highest BCUT2D eigenvalue weighted by Gasteiger charge is 2.26. The van der Waals surface area contributed by atoms with Crippen molar-refractivity contribution in [2.75, 3.05) is 23.9 Å². The first-order chi connectivity index (χ1) is 57.7. The van der Waals surface area contributed by atoms with Gasteiger partial charge in [-0.15, -0.1) is 34.0 Å². The van der Waals surface area contributed by atoms with Gasteiger partial charge in [0.15, 0.2) is 51.3 Å². The molecule has 0 amide bonds. The van der Waals surface area contributed by atoms with Crippen molar-refractivity contribution >= 4 is 97.0 Å². The highest BCUT2D eigenvalue weighted by atomic mass is 32.1. The number of hydrogen-bond acceptors (Lipinski definition) is 29. The first kappa shape index (κ1) is 86.9. The van der Waals surface area contributed by atoms with Gasteiger partial charge in [-0.25, -0.2) is 91.7 Å². The SMILES string of the molecule is CC(F)(F)c1ccnc(CC(=O)c2cc(F)cc(Oc3cncnc3)c2)c1.CN(c1cncnc1)c1cc(F)cc(C(=O)Cc2nccs2)c1.Cc1cc(Oc2cncnc2)cc(C(=O)Cc2ncc(C)s2)c1.Cc1csc(CC(=O)c2cccc(Oc3cncnc3)c2)n1.Cc1nc(CC(=O)c2cc(F)cc(N(C)c3cncnc3)c2)sc1F. The third-order valence-electron chi connectivity index (χ3n) is 16.6. The van der Waals surface area contributed by atoms with Crippen LogP contribution in [0.5, 0.6) is 34.5 Å². The Labute approximate surface area is 698 Å². The maximum atomic E-state index is 14.0. The second-order valence-corrected chi connectivity index (χ2v) is 30.3. The Balaban J connectivity index is 0.000000147. The molecule has 0 saturated carbocycles. The predicted octanol–water partition coefficient (Wildman–Crippen LogP) is 18.5. The number of ketones is 5. The number of pyridine rings is 1. The molecule has 0 saturated heterocycles. The molecule has 25 nitrogen and oxygen atoms in total. The molecule has 0 radical (unpaired) electrons. The normalized spacial score (nSPS) is 10.7. The number of Topliss-reactive ketones (excluding diaryl/α,β-unsaturated/α-hetero) is 5. The number of benzene rings is 5. The van der Waals surface area contributed by atoms with Crippen LogP contribution < -0.4 is 24.0 Å². The molecule has 10 aromatic heterocycles. The van der Waals surface area contributed by atoms with Gasteiger partial charge >= 0.3 is 0 Å². The average Bonchev–Trinajstić information content (AvgIpc) is 1.11. The van der Waals surface area contributed by atoms with Crippen molar-refractivity contribution in [3.63, 3.8) is 0 Å². The first-order valence-electron chi connectivity index (χ1n) is 35.9. The zero-order valence-electron chi connectivity index (χ0n) is 64.7. The summed E-state index contributed by atoms with van der Waals surface area (Å²) in [5, 5.41) is 6.08. The third-order valence-corrected chi connectivity index (χ3v) is 20.2. The quantitative estimate of drug-likeness (QED) is 0.0359. The predicted molar refractivity (Wildman–Crippen MR) is 440 cm³/mol. The number of halogens is 6. The van der Waals surface area contributed by atoms with E-state index in [1.54, 1.807) is 140 Å². The van der Waals surface area contributed by atoms with Gasteiger partial charge in [-0.3, -0.25) is 29.0 Å². The molecule has 0 fully saturated rings. The number of rotatable bonds is 26. The fourth-order valence-electron chi connectivity index (χ4n) is 10.9. The summed E-state index contributed by atoms with van der Waals surface area (Å²) < 4.78 is 98.8. The second kappa shape index (κ2) is 41.8. The number of aryl methyl sites for hydroxylation is 4. The van der Waals surface area contributed by atoms with Crippen molar-refractivity contribution < 1.29 is 64.5 Å². The van der Waals surface area contributed by atoms with E-state index in [9.17, 15) is 50.3 Å². The van der Waals surface area contributed by atoms with Gasteiger partial charge in [0.1, 0.15) is 86.4 Å². The molecule has 15 aromatic rings. The molecule has 0 aliphatic rings. The summed E-state index contributed by atoms with van der Waals surface area (Å²) in [7, 11) is 3.49. The molecular formula is C85H69F6N17O8S4. The van der Waals surface area contributed by atoms with Crippen LogP contribution >= 0.6 is 45.3 Å². The Morgan fingerprint density at radius 2 is 0.858 bits per heavy atom. The van der Waals surface area contributed by atoms with Gasteiger partial charge < -0.3 is 24.0 Å². The van der Waals surface area contributed by atoms with E-state index < -0.39 is 34.3 Å². The van der Waals surface area contributed by atoms with E-state index in [4.69, 9.17) is 14.2 Å². The van der Waals surface area contributed by atoms with E-state index in [2.05, 4.69) is 74.8 Å². The Morgan fingerprint density at radius 1 is 0.400 bits per heavy atom. The van der Waals surface area contributed by atoms with Crippen molar-refractivity contribution in [2.24, 2.45) is 0 Å². The van der Waals surface area contributed by atoms with E-state index in [-0.39, 0.29) is 82.0 Å². The molecule has 608 valence electrons. The van der Waals surface area contributed by atoms with E-state index >= 15 is 0 Å². The summed E-state index contributed by atoms with van der Waals surface area (Å²) in [6, 6.07) is 26.7. The molecule has 120 heavy (non-hydrogen) atoms. The molecule has 0 bridgehead atoms. The minimum absolute atomic E-state index is 0.0177. The van der Waals surface area contributed by atoms with Crippen LogP contribution in [0.25, 0.3) is 0 Å². The Kier molecular flexibility index (Phi) is 30.3. The minimum Gasteiger partial charge on any atom is -0.454 e. The maximum absolute atomic E-state index is 14.0. The summed E-state index contributed by atoms with van der Waals surface area (Å²) in [5.74, 6) is -3.03. The highest BCUT2D eigenvalue weighted by Crippen LogP contribution is 2.32. The van der Waals surface area contributed by atoms with Crippen molar-refractivity contribution in [3.05, 3.63) is 336 Å². The molecule has 0 unspecified atom stereocenters. The largest absolute Gasteiger partial charge is 0.454 e. The zero-order chi connectivity index (χ0) is 85.2. The number of carbonyl (C=O) groups excluding carboxylic acids is 5. The van der Waals surface area contributed by atoms with Gasteiger partial charge in [0.25, 0.3) is 5.92 Å². The zero-order valence-corrected chi connectivity index (χ0v) is 68.0. The number of nitrogens with zero attached hydrogens (tertiary/aromatic N) is 17. The van der Waals surface area contributed by atoms with Crippen molar-refractivity contribution in [2.45, 2.75) is 72.6 Å². The summed E-state index contributed by atoms with van der Waals surface area (Å²) >= 11 is 5.28. The summed E-state index contributed by atoms with van der Waals surface area (Å²) in [6.07, 6.45) is 27.6. The van der Waals surface area contributed by atoms with Crippen LogP contribution in [-0.4, -0.2) is 118 Å². The van der Waals surface area contributed by atoms with Crippen LogP contribution in [-0.2, 0) is 38.0 Å². The lowest BCUT2D eigenvalue weighted by Gasteiger charge is -2.19. The van der Waals surface area contributed by atoms with E-state index in [1.807, 2.05) is 43.7 Å². The van der Waals surface area contributed by atoms with E-state index in [0.717, 1.165) is 68.7 Å². The van der Waals surface area contributed by atoms with Crippen LogP contribution in [0, 0.1) is 50.3 Å². The second-order valence-electron chi connectivity index (χ2n) is 26.0. The fraction of sp³-hybridized carbons (Fsp3) is 0.153. The average molecular weight is 1700 g/mol. The summed E-state index contributed by atoms with van der Waals surface area (Å²) in [4.78, 5) is 126. The lowest BCUT2D eigenvalue weighted by Crippen LogP contribution is -2.12. The van der Waals surface area contributed by atoms with Gasteiger partial charge in [0.05, 0.1) is 111 Å². The molecule has 5 aromatic carbocycles. The Bertz CT molecular complexity index is 5970. The number of alkyl halides is 2. The van der Waals surface area contributed by atoms with Crippen LogP contribution in [0.1, 0.15) is 112 Å². The monoisotopic (exact) mass is 1700 g/mol. The number of anilines is 4. The molecule has 0 spiro atoms. The van der Waals surface area contributed by atoms with Crippen LogP contribution in [0.2, 0.25) is 0 Å². The number of ether oxygens (including phenoxy) is 3. The van der Waals surface area contributed by atoms with Gasteiger partial charge in [-0.2, -0.15) is 4.39 Å². The van der Waals surface area contributed by atoms with Crippen molar-refractivity contribution in [1.82, 2.24) is 74.8 Å². The van der Waals surface area contributed by atoms with Gasteiger partial charge in [0, 0.05) is 117 Å². The number of aromatic nitrogens is 15. The third kappa shape index (κ3) is 26.3. The Hall–Kier alpha value is -13.9. The summed E-state index contributed by atoms with van der Waals surface area (Å²) in [6.45, 7) is 8.13. The number of carbonyl (C=O) groups is 5. The summed E-state index contributed by atoms with van der Waals surface area (Å²) in [5.41, 5.74) is 6.26. The lowest BCUT2D eigenvalue weighted by atomic mass is 10.0. The Morgan fingerprint density at radius 3 is 1.34 bits per heavy atom. The first-order valence-corrected chi connectivity index (χ1v) is 39.3. The molecule has 15 rings (SSSR count). The van der Waals surface area contributed by atoms with E-state index in [1.165, 1.54) is 110 Å². The van der Waals surface area contributed by atoms with Gasteiger partial charge in [0.2, 0.25) is 0 Å².